The van der Waals surface area contributed by atoms with Crippen molar-refractivity contribution >= 4 is 5.97 Å². The van der Waals surface area contributed by atoms with Crippen molar-refractivity contribution in [2.45, 2.75) is 89.7 Å². The lowest BCUT2D eigenvalue weighted by atomic mass is 9.47. The first kappa shape index (κ1) is 14.7. The summed E-state index contributed by atoms with van der Waals surface area (Å²) in [5, 5.41) is 0. The van der Waals surface area contributed by atoms with E-state index in [1.54, 1.807) is 0 Å². The second kappa shape index (κ2) is 4.13. The van der Waals surface area contributed by atoms with Gasteiger partial charge in [-0.05, 0) is 49.9 Å². The molecule has 5 fully saturated rings. The van der Waals surface area contributed by atoms with Gasteiger partial charge in [-0.25, -0.2) is 4.90 Å². The summed E-state index contributed by atoms with van der Waals surface area (Å²) in [7, 11) is 0. The molecule has 5 rings (SSSR count). The molecule has 4 heterocycles. The predicted molar refractivity (Wildman–Crippen MR) is 85.4 cm³/mol. The van der Waals surface area contributed by atoms with E-state index < -0.39 is 5.72 Å². The average Bonchev–Trinajstić information content (AvgIpc) is 2.72. The molecule has 4 nitrogen and oxygen atoms in total. The third kappa shape index (κ3) is 1.53. The number of fused-ring (bicyclic) bond motifs is 1. The molecule has 23 heavy (non-hydrogen) atoms. The van der Waals surface area contributed by atoms with Crippen molar-refractivity contribution in [3.63, 3.8) is 0 Å². The Hall–Kier alpha value is -0.610. The second-order valence-corrected chi connectivity index (χ2v) is 9.52. The maximum Gasteiger partial charge on any atom is 0.308 e. The van der Waals surface area contributed by atoms with Crippen LogP contribution in [-0.2, 0) is 14.3 Å². The summed E-state index contributed by atoms with van der Waals surface area (Å²) in [4.78, 5) is 15.1. The normalized spacial score (nSPS) is 58.3. The summed E-state index contributed by atoms with van der Waals surface area (Å²) in [6, 6.07) is 0. The number of carbonyl (C=O) groups excluding carboxylic acids is 1. The topological polar surface area (TPSA) is 38.8 Å². The Morgan fingerprint density at radius 1 is 1.17 bits per heavy atom. The van der Waals surface area contributed by atoms with E-state index in [1.807, 2.05) is 0 Å². The SMILES string of the molecule is C[C@H]1C[C@H]2CN3[C@](CC[C@@]4(C)[C@]5(C)CCC[C@]34OC(=O)C5)(C1)O2. The molecule has 0 aromatic heterocycles. The molecule has 4 aliphatic heterocycles. The van der Waals surface area contributed by atoms with Crippen molar-refractivity contribution in [3.05, 3.63) is 0 Å². The summed E-state index contributed by atoms with van der Waals surface area (Å²) < 4.78 is 12.8. The number of carbonyl (C=O) groups is 1. The molecule has 1 aliphatic carbocycles. The van der Waals surface area contributed by atoms with Crippen molar-refractivity contribution in [2.75, 3.05) is 6.54 Å². The van der Waals surface area contributed by atoms with Gasteiger partial charge in [0.1, 0.15) is 5.72 Å². The molecule has 1 saturated carbocycles. The van der Waals surface area contributed by atoms with Gasteiger partial charge in [-0.1, -0.05) is 20.8 Å². The van der Waals surface area contributed by atoms with Crippen LogP contribution in [0.1, 0.15) is 72.1 Å². The summed E-state index contributed by atoms with van der Waals surface area (Å²) in [5.41, 5.74) is -0.462. The molecule has 0 aromatic rings. The fourth-order valence-electron chi connectivity index (χ4n) is 7.07. The van der Waals surface area contributed by atoms with Crippen LogP contribution in [0.15, 0.2) is 0 Å². The Morgan fingerprint density at radius 3 is 2.83 bits per heavy atom. The van der Waals surface area contributed by atoms with Crippen LogP contribution in [0.4, 0.5) is 0 Å². The zero-order valence-corrected chi connectivity index (χ0v) is 14.7. The summed E-state index contributed by atoms with van der Waals surface area (Å²) in [5.74, 6) is 0.713. The molecule has 0 N–H and O–H groups in total. The van der Waals surface area contributed by atoms with E-state index in [1.165, 1.54) is 0 Å². The highest BCUT2D eigenvalue weighted by Crippen LogP contribution is 2.70. The van der Waals surface area contributed by atoms with Gasteiger partial charge in [0.05, 0.1) is 12.5 Å². The van der Waals surface area contributed by atoms with E-state index >= 15 is 0 Å². The van der Waals surface area contributed by atoms with Gasteiger partial charge in [0.15, 0.2) is 5.72 Å². The van der Waals surface area contributed by atoms with Gasteiger partial charge in [-0.3, -0.25) is 4.79 Å². The molecule has 4 saturated heterocycles. The van der Waals surface area contributed by atoms with Crippen LogP contribution in [0.25, 0.3) is 0 Å². The Balaban J connectivity index is 1.66. The van der Waals surface area contributed by atoms with E-state index in [2.05, 4.69) is 25.7 Å². The van der Waals surface area contributed by atoms with E-state index in [-0.39, 0.29) is 22.5 Å². The summed E-state index contributed by atoms with van der Waals surface area (Å²) >= 11 is 0. The van der Waals surface area contributed by atoms with Crippen molar-refractivity contribution in [3.8, 4) is 0 Å². The molecule has 6 atom stereocenters. The van der Waals surface area contributed by atoms with Crippen molar-refractivity contribution in [1.82, 2.24) is 4.90 Å². The minimum absolute atomic E-state index is 0.0104. The van der Waals surface area contributed by atoms with E-state index in [0.29, 0.717) is 18.4 Å². The lowest BCUT2D eigenvalue weighted by Crippen LogP contribution is -2.77. The third-order valence-electron chi connectivity index (χ3n) is 8.30. The highest BCUT2D eigenvalue weighted by Gasteiger charge is 2.75. The fourth-order valence-corrected chi connectivity index (χ4v) is 7.07. The summed E-state index contributed by atoms with van der Waals surface area (Å²) in [6.45, 7) is 8.04. The van der Waals surface area contributed by atoms with Crippen LogP contribution in [0.5, 0.6) is 0 Å². The largest absolute Gasteiger partial charge is 0.443 e. The molecule has 4 bridgehead atoms. The van der Waals surface area contributed by atoms with Crippen LogP contribution in [-0.4, -0.2) is 35.0 Å². The van der Waals surface area contributed by atoms with Crippen LogP contribution in [0, 0.1) is 16.7 Å². The maximum atomic E-state index is 12.5. The minimum Gasteiger partial charge on any atom is -0.443 e. The lowest BCUT2D eigenvalue weighted by Gasteiger charge is -2.70. The predicted octanol–water partition coefficient (Wildman–Crippen LogP) is 3.45. The van der Waals surface area contributed by atoms with Crippen LogP contribution >= 0.6 is 0 Å². The molecule has 4 heteroatoms. The first-order chi connectivity index (χ1) is 10.8. The van der Waals surface area contributed by atoms with E-state index in [4.69, 9.17) is 9.47 Å². The van der Waals surface area contributed by atoms with Gasteiger partial charge in [-0.2, -0.15) is 0 Å². The maximum absolute atomic E-state index is 12.5. The van der Waals surface area contributed by atoms with Crippen LogP contribution in [0.3, 0.4) is 0 Å². The molecular formula is C19H29NO3. The molecule has 0 unspecified atom stereocenters. The monoisotopic (exact) mass is 319 g/mol. The molecule has 128 valence electrons. The fraction of sp³-hybridized carbons (Fsp3) is 0.947. The number of nitrogens with zero attached hydrogens (tertiary/aromatic N) is 1. The summed E-state index contributed by atoms with van der Waals surface area (Å²) in [6.07, 6.45) is 8.67. The number of hydrogen-bond donors (Lipinski definition) is 0. The number of rotatable bonds is 0. The van der Waals surface area contributed by atoms with Crippen LogP contribution < -0.4 is 0 Å². The van der Waals surface area contributed by atoms with Gasteiger partial charge in [0, 0.05) is 18.4 Å². The smallest absolute Gasteiger partial charge is 0.308 e. The molecular weight excluding hydrogens is 290 g/mol. The highest BCUT2D eigenvalue weighted by atomic mass is 16.6. The Morgan fingerprint density at radius 2 is 2.00 bits per heavy atom. The highest BCUT2D eigenvalue weighted by molar-refractivity contribution is 5.72. The Bertz CT molecular complexity index is 579. The first-order valence-corrected chi connectivity index (χ1v) is 9.50. The molecule has 1 spiro atoms. The van der Waals surface area contributed by atoms with Crippen LogP contribution in [0.2, 0.25) is 0 Å². The van der Waals surface area contributed by atoms with Crippen molar-refractivity contribution in [2.24, 2.45) is 16.7 Å². The van der Waals surface area contributed by atoms with Gasteiger partial charge < -0.3 is 9.47 Å². The Kier molecular flexibility index (Phi) is 2.64. The first-order valence-electron chi connectivity index (χ1n) is 9.50. The number of ether oxygens (including phenoxy) is 2. The zero-order valence-electron chi connectivity index (χ0n) is 14.7. The molecule has 0 amide bonds. The van der Waals surface area contributed by atoms with Gasteiger partial charge >= 0.3 is 5.97 Å². The standard InChI is InChI=1S/C19H29NO3/c1-13-9-14-12-20-18(10-13,22-14)8-7-17(3)16(2)5-4-6-19(17,20)23-15(21)11-16/h13-14H,4-12H2,1-3H3/t13-,14-,16+,17-,18-,19+/m0/s1. The molecule has 0 aromatic carbocycles. The second-order valence-electron chi connectivity index (χ2n) is 9.52. The minimum atomic E-state index is -0.424. The average molecular weight is 319 g/mol. The van der Waals surface area contributed by atoms with Crippen molar-refractivity contribution in [1.29, 1.82) is 0 Å². The van der Waals surface area contributed by atoms with E-state index in [9.17, 15) is 4.79 Å². The van der Waals surface area contributed by atoms with Crippen molar-refractivity contribution < 1.29 is 14.3 Å². The quantitative estimate of drug-likeness (QED) is 0.641. The number of piperidine rings is 1. The third-order valence-corrected chi connectivity index (χ3v) is 8.30. The lowest BCUT2D eigenvalue weighted by molar-refractivity contribution is -0.350. The number of hydrogen-bond acceptors (Lipinski definition) is 4. The van der Waals surface area contributed by atoms with Gasteiger partial charge in [0.2, 0.25) is 0 Å². The van der Waals surface area contributed by atoms with Gasteiger partial charge in [-0.15, -0.1) is 0 Å². The Labute approximate surface area is 138 Å². The number of esters is 1. The molecule has 0 radical (unpaired) electrons. The van der Waals surface area contributed by atoms with Gasteiger partial charge in [0.25, 0.3) is 0 Å². The van der Waals surface area contributed by atoms with E-state index in [0.717, 1.165) is 51.5 Å². The molecule has 5 aliphatic rings. The zero-order chi connectivity index (χ0) is 16.1.